The van der Waals surface area contributed by atoms with Crippen LogP contribution in [0.25, 0.3) is 0 Å². The Morgan fingerprint density at radius 2 is 1.74 bits per heavy atom. The first-order valence-corrected chi connectivity index (χ1v) is 11.8. The van der Waals surface area contributed by atoms with Crippen molar-refractivity contribution in [1.29, 1.82) is 0 Å². The number of anilines is 1. The summed E-state index contributed by atoms with van der Waals surface area (Å²) in [6, 6.07) is 10.8. The Morgan fingerprint density at radius 3 is 2.29 bits per heavy atom. The standard InChI is InChI=1S/C21H25ClFN3O4S/c1-4-24-21(28)15(2)25(13-16-7-5-6-8-19(16)22)20(27)14-26(31(3,29)30)18-11-9-17(23)10-12-18/h5-12,15H,4,13-14H2,1-3H3,(H,24,28). The van der Waals surface area contributed by atoms with E-state index in [0.29, 0.717) is 17.1 Å². The number of amides is 2. The van der Waals surface area contributed by atoms with Crippen molar-refractivity contribution in [3.05, 3.63) is 64.9 Å². The number of hydrogen-bond donors (Lipinski definition) is 1. The fourth-order valence-corrected chi connectivity index (χ4v) is 3.98. The van der Waals surface area contributed by atoms with E-state index in [1.807, 2.05) is 0 Å². The zero-order chi connectivity index (χ0) is 23.2. The van der Waals surface area contributed by atoms with E-state index in [1.165, 1.54) is 17.0 Å². The van der Waals surface area contributed by atoms with Crippen molar-refractivity contribution in [2.24, 2.45) is 0 Å². The number of rotatable bonds is 9. The van der Waals surface area contributed by atoms with Gasteiger partial charge in [-0.2, -0.15) is 0 Å². The van der Waals surface area contributed by atoms with Gasteiger partial charge in [0.05, 0.1) is 11.9 Å². The minimum absolute atomic E-state index is 0.0117. The van der Waals surface area contributed by atoms with E-state index in [1.54, 1.807) is 38.1 Å². The van der Waals surface area contributed by atoms with Gasteiger partial charge in [-0.3, -0.25) is 13.9 Å². The van der Waals surface area contributed by atoms with Crippen molar-refractivity contribution in [2.75, 3.05) is 23.7 Å². The summed E-state index contributed by atoms with van der Waals surface area (Å²) in [5.41, 5.74) is 0.752. The number of benzene rings is 2. The molecule has 10 heteroatoms. The van der Waals surface area contributed by atoms with Gasteiger partial charge in [-0.05, 0) is 49.7 Å². The van der Waals surface area contributed by atoms with Crippen molar-refractivity contribution >= 4 is 39.1 Å². The fraction of sp³-hybridized carbons (Fsp3) is 0.333. The number of nitrogens with zero attached hydrogens (tertiary/aromatic N) is 2. The maximum absolute atomic E-state index is 13.3. The Labute approximate surface area is 186 Å². The van der Waals surface area contributed by atoms with Gasteiger partial charge in [0.15, 0.2) is 0 Å². The predicted octanol–water partition coefficient (Wildman–Crippen LogP) is 2.80. The number of carbonyl (C=O) groups is 2. The zero-order valence-electron chi connectivity index (χ0n) is 17.5. The van der Waals surface area contributed by atoms with Crippen LogP contribution in [-0.4, -0.2) is 50.5 Å². The molecular formula is C21H25ClFN3O4S. The molecule has 2 aromatic carbocycles. The molecule has 2 amide bonds. The number of likely N-dealkylation sites (N-methyl/N-ethyl adjacent to an activating group) is 1. The largest absolute Gasteiger partial charge is 0.355 e. The minimum Gasteiger partial charge on any atom is -0.355 e. The maximum Gasteiger partial charge on any atom is 0.244 e. The molecule has 0 bridgehead atoms. The molecular weight excluding hydrogens is 445 g/mol. The van der Waals surface area contributed by atoms with Crippen LogP contribution in [0.1, 0.15) is 19.4 Å². The molecule has 7 nitrogen and oxygen atoms in total. The second-order valence-corrected chi connectivity index (χ2v) is 9.24. The normalized spacial score (nSPS) is 12.2. The van der Waals surface area contributed by atoms with Gasteiger partial charge in [-0.25, -0.2) is 12.8 Å². The highest BCUT2D eigenvalue weighted by molar-refractivity contribution is 7.92. The van der Waals surface area contributed by atoms with Gasteiger partial charge in [0, 0.05) is 18.1 Å². The second kappa shape index (κ2) is 10.6. The van der Waals surface area contributed by atoms with Crippen LogP contribution in [0.3, 0.4) is 0 Å². The molecule has 2 rings (SSSR count). The summed E-state index contributed by atoms with van der Waals surface area (Å²) in [6.45, 7) is 3.14. The summed E-state index contributed by atoms with van der Waals surface area (Å²) < 4.78 is 38.9. The van der Waals surface area contributed by atoms with Crippen LogP contribution in [-0.2, 0) is 26.2 Å². The Hall–Kier alpha value is -2.65. The molecule has 0 aliphatic heterocycles. The molecule has 0 radical (unpaired) electrons. The van der Waals surface area contributed by atoms with Gasteiger partial charge in [0.1, 0.15) is 18.4 Å². The predicted molar refractivity (Wildman–Crippen MR) is 119 cm³/mol. The lowest BCUT2D eigenvalue weighted by atomic mass is 10.1. The number of hydrogen-bond acceptors (Lipinski definition) is 4. The summed E-state index contributed by atoms with van der Waals surface area (Å²) in [7, 11) is -3.86. The van der Waals surface area contributed by atoms with Crippen molar-refractivity contribution < 1.29 is 22.4 Å². The van der Waals surface area contributed by atoms with Gasteiger partial charge < -0.3 is 10.2 Å². The van der Waals surface area contributed by atoms with E-state index in [0.717, 1.165) is 22.7 Å². The molecule has 2 aromatic rings. The van der Waals surface area contributed by atoms with Gasteiger partial charge >= 0.3 is 0 Å². The third-order valence-corrected chi connectivity index (χ3v) is 6.12. The third-order valence-electron chi connectivity index (χ3n) is 4.61. The fourth-order valence-electron chi connectivity index (χ4n) is 2.94. The average molecular weight is 470 g/mol. The van der Waals surface area contributed by atoms with Crippen molar-refractivity contribution in [2.45, 2.75) is 26.4 Å². The maximum atomic E-state index is 13.3. The van der Waals surface area contributed by atoms with E-state index in [2.05, 4.69) is 5.32 Å². The molecule has 0 spiro atoms. The van der Waals surface area contributed by atoms with Crippen molar-refractivity contribution in [1.82, 2.24) is 10.2 Å². The Bertz CT molecular complexity index is 1030. The van der Waals surface area contributed by atoms with E-state index in [-0.39, 0.29) is 18.1 Å². The molecule has 0 aromatic heterocycles. The second-order valence-electron chi connectivity index (χ2n) is 6.93. The third kappa shape index (κ3) is 6.67. The first-order valence-electron chi connectivity index (χ1n) is 9.58. The van der Waals surface area contributed by atoms with Crippen LogP contribution in [0.5, 0.6) is 0 Å². The van der Waals surface area contributed by atoms with E-state index in [9.17, 15) is 22.4 Å². The number of halogens is 2. The minimum atomic E-state index is -3.86. The molecule has 0 aliphatic carbocycles. The summed E-state index contributed by atoms with van der Waals surface area (Å²) >= 11 is 6.23. The van der Waals surface area contributed by atoms with Crippen LogP contribution >= 0.6 is 11.6 Å². The first kappa shape index (κ1) is 24.6. The van der Waals surface area contributed by atoms with E-state index < -0.39 is 34.3 Å². The molecule has 31 heavy (non-hydrogen) atoms. The number of sulfonamides is 1. The molecule has 0 saturated heterocycles. The highest BCUT2D eigenvalue weighted by Crippen LogP contribution is 2.21. The van der Waals surface area contributed by atoms with Crippen molar-refractivity contribution in [3.8, 4) is 0 Å². The van der Waals surface area contributed by atoms with E-state index >= 15 is 0 Å². The summed E-state index contributed by atoms with van der Waals surface area (Å²) in [6.07, 6.45) is 0.954. The monoisotopic (exact) mass is 469 g/mol. The molecule has 0 heterocycles. The topological polar surface area (TPSA) is 86.8 Å². The van der Waals surface area contributed by atoms with E-state index in [4.69, 9.17) is 11.6 Å². The van der Waals surface area contributed by atoms with Crippen LogP contribution in [0.4, 0.5) is 10.1 Å². The van der Waals surface area contributed by atoms with Gasteiger partial charge in [0.2, 0.25) is 21.8 Å². The number of carbonyl (C=O) groups excluding carboxylic acids is 2. The Morgan fingerprint density at radius 1 is 1.13 bits per heavy atom. The summed E-state index contributed by atoms with van der Waals surface area (Å²) in [4.78, 5) is 26.9. The first-order chi connectivity index (χ1) is 14.5. The Balaban J connectivity index is 2.38. The number of nitrogens with one attached hydrogen (secondary N) is 1. The highest BCUT2D eigenvalue weighted by Gasteiger charge is 2.30. The molecule has 1 unspecified atom stereocenters. The molecule has 168 valence electrons. The van der Waals surface area contributed by atoms with Crippen molar-refractivity contribution in [3.63, 3.8) is 0 Å². The lowest BCUT2D eigenvalue weighted by molar-refractivity contribution is -0.139. The molecule has 0 aliphatic rings. The van der Waals surface area contributed by atoms with Crippen LogP contribution in [0, 0.1) is 5.82 Å². The van der Waals surface area contributed by atoms with Crippen LogP contribution in [0.15, 0.2) is 48.5 Å². The van der Waals surface area contributed by atoms with Gasteiger partial charge in [-0.1, -0.05) is 29.8 Å². The average Bonchev–Trinajstić information content (AvgIpc) is 2.71. The van der Waals surface area contributed by atoms with Gasteiger partial charge in [-0.15, -0.1) is 0 Å². The molecule has 0 saturated carbocycles. The SMILES string of the molecule is CCNC(=O)C(C)N(Cc1ccccc1Cl)C(=O)CN(c1ccc(F)cc1)S(C)(=O)=O. The highest BCUT2D eigenvalue weighted by atomic mass is 35.5. The van der Waals surface area contributed by atoms with Crippen LogP contribution in [0.2, 0.25) is 5.02 Å². The lowest BCUT2D eigenvalue weighted by Gasteiger charge is -2.31. The summed E-state index contributed by atoms with van der Waals surface area (Å²) in [5.74, 6) is -1.52. The zero-order valence-corrected chi connectivity index (χ0v) is 19.1. The summed E-state index contributed by atoms with van der Waals surface area (Å²) in [5, 5.41) is 3.08. The van der Waals surface area contributed by atoms with Crippen LogP contribution < -0.4 is 9.62 Å². The Kier molecular flexibility index (Phi) is 8.41. The molecule has 1 N–H and O–H groups in total. The quantitative estimate of drug-likeness (QED) is 0.611. The van der Waals surface area contributed by atoms with Gasteiger partial charge in [0.25, 0.3) is 0 Å². The molecule has 0 fully saturated rings. The lowest BCUT2D eigenvalue weighted by Crippen LogP contribution is -2.51. The smallest absolute Gasteiger partial charge is 0.244 e. The molecule has 1 atom stereocenters.